The molecule has 1 heterocycles. The highest BCUT2D eigenvalue weighted by Crippen LogP contribution is 2.29. The molecule has 0 aliphatic rings. The van der Waals surface area contributed by atoms with E-state index in [1.807, 2.05) is 30.3 Å². The molecule has 0 spiro atoms. The number of carbonyl (C=O) groups is 1. The average Bonchev–Trinajstić information content (AvgIpc) is 3.30. The largest absolute Gasteiger partial charge is 0.493 e. The second-order valence-corrected chi connectivity index (χ2v) is 8.39. The van der Waals surface area contributed by atoms with E-state index in [1.165, 1.54) is 38.7 Å². The van der Waals surface area contributed by atoms with Crippen LogP contribution in [-0.4, -0.2) is 34.6 Å². The van der Waals surface area contributed by atoms with Gasteiger partial charge in [0, 0.05) is 6.07 Å². The molecule has 0 saturated heterocycles. The normalized spacial score (nSPS) is 12.2. The van der Waals surface area contributed by atoms with Gasteiger partial charge in [0.15, 0.2) is 11.5 Å². The molecule has 164 valence electrons. The summed E-state index contributed by atoms with van der Waals surface area (Å²) < 4.78 is 44.1. The fourth-order valence-corrected chi connectivity index (χ4v) is 4.20. The van der Waals surface area contributed by atoms with E-state index in [0.717, 1.165) is 5.56 Å². The molecule has 0 saturated carbocycles. The van der Waals surface area contributed by atoms with Crippen LogP contribution in [-0.2, 0) is 27.8 Å². The van der Waals surface area contributed by atoms with Gasteiger partial charge < -0.3 is 19.2 Å². The highest BCUT2D eigenvalue weighted by atomic mass is 32.2. The van der Waals surface area contributed by atoms with E-state index in [0.29, 0.717) is 11.5 Å². The first kappa shape index (κ1) is 22.4. The fraction of sp³-hybridized carbons (Fsp3) is 0.227. The Labute approximate surface area is 181 Å². The Balaban J connectivity index is 1.83. The number of methoxy groups -OCH3 is 2. The van der Waals surface area contributed by atoms with Crippen molar-refractivity contribution in [3.8, 4) is 11.5 Å². The first-order valence-corrected chi connectivity index (χ1v) is 11.0. The average molecular weight is 445 g/mol. The number of furan rings is 1. The van der Waals surface area contributed by atoms with Gasteiger partial charge in [-0.3, -0.25) is 4.79 Å². The fourth-order valence-electron chi connectivity index (χ4n) is 2.99. The molecule has 0 aliphatic carbocycles. The lowest BCUT2D eigenvalue weighted by Gasteiger charge is -2.19. The summed E-state index contributed by atoms with van der Waals surface area (Å²) in [6.07, 6.45) is 1.68. The van der Waals surface area contributed by atoms with Gasteiger partial charge in [0.05, 0.1) is 31.9 Å². The SMILES string of the molecule is COc1ccc(S(=O)(=O)NC(Cc2ccccc2)C(=O)NCc2ccco2)cc1OC. The topological polar surface area (TPSA) is 107 Å². The minimum Gasteiger partial charge on any atom is -0.493 e. The second kappa shape index (κ2) is 10.1. The Kier molecular flexibility index (Phi) is 7.32. The summed E-state index contributed by atoms with van der Waals surface area (Å²) in [6, 6.07) is 15.8. The van der Waals surface area contributed by atoms with Gasteiger partial charge in [-0.25, -0.2) is 8.42 Å². The van der Waals surface area contributed by atoms with Gasteiger partial charge in [0.2, 0.25) is 15.9 Å². The van der Waals surface area contributed by atoms with Crippen LogP contribution in [0.1, 0.15) is 11.3 Å². The van der Waals surface area contributed by atoms with Crippen LogP contribution in [0.3, 0.4) is 0 Å². The number of rotatable bonds is 10. The number of hydrogen-bond acceptors (Lipinski definition) is 6. The van der Waals surface area contributed by atoms with Crippen molar-refractivity contribution in [2.75, 3.05) is 14.2 Å². The Morgan fingerprint density at radius 2 is 1.74 bits per heavy atom. The molecule has 1 aromatic heterocycles. The van der Waals surface area contributed by atoms with Crippen LogP contribution in [0.4, 0.5) is 0 Å². The summed E-state index contributed by atoms with van der Waals surface area (Å²) in [5.41, 5.74) is 0.815. The lowest BCUT2D eigenvalue weighted by molar-refractivity contribution is -0.122. The molecule has 3 aromatic rings. The molecule has 0 fully saturated rings. The zero-order chi connectivity index (χ0) is 22.3. The van der Waals surface area contributed by atoms with Crippen molar-refractivity contribution in [1.29, 1.82) is 0 Å². The molecule has 0 bridgehead atoms. The molecular formula is C22H24N2O6S. The van der Waals surface area contributed by atoms with Crippen molar-refractivity contribution >= 4 is 15.9 Å². The van der Waals surface area contributed by atoms with Gasteiger partial charge in [-0.1, -0.05) is 30.3 Å². The molecule has 8 nitrogen and oxygen atoms in total. The maximum Gasteiger partial charge on any atom is 0.241 e. The zero-order valence-electron chi connectivity index (χ0n) is 17.2. The van der Waals surface area contributed by atoms with Crippen molar-refractivity contribution in [2.24, 2.45) is 0 Å². The minimum atomic E-state index is -4.02. The molecule has 3 rings (SSSR count). The third-order valence-electron chi connectivity index (χ3n) is 4.58. The number of benzene rings is 2. The minimum absolute atomic E-state index is 0.0398. The summed E-state index contributed by atoms with van der Waals surface area (Å²) in [6.45, 7) is 0.148. The molecule has 2 N–H and O–H groups in total. The Morgan fingerprint density at radius 3 is 2.39 bits per heavy atom. The van der Waals surface area contributed by atoms with Crippen molar-refractivity contribution in [3.63, 3.8) is 0 Å². The molecule has 2 aromatic carbocycles. The Hall–Kier alpha value is -3.30. The van der Waals surface area contributed by atoms with Crippen LogP contribution >= 0.6 is 0 Å². The predicted octanol–water partition coefficient (Wildman–Crippen LogP) is 2.50. The Morgan fingerprint density at radius 1 is 1.00 bits per heavy atom. The Bertz CT molecular complexity index is 1100. The van der Waals surface area contributed by atoms with E-state index in [2.05, 4.69) is 10.0 Å². The van der Waals surface area contributed by atoms with Crippen molar-refractivity contribution in [3.05, 3.63) is 78.3 Å². The molecule has 1 amide bonds. The number of amides is 1. The standard InChI is InChI=1S/C22H24N2O6S/c1-28-20-11-10-18(14-21(20)29-2)31(26,27)24-19(13-16-7-4-3-5-8-16)22(25)23-15-17-9-6-12-30-17/h3-12,14,19,24H,13,15H2,1-2H3,(H,23,25). The third kappa shape index (κ3) is 5.87. The van der Waals surface area contributed by atoms with Crippen molar-refractivity contribution < 1.29 is 27.1 Å². The first-order chi connectivity index (χ1) is 14.9. The number of ether oxygens (including phenoxy) is 2. The molecule has 1 atom stereocenters. The maximum atomic E-state index is 13.0. The predicted molar refractivity (Wildman–Crippen MR) is 114 cm³/mol. The third-order valence-corrected chi connectivity index (χ3v) is 6.05. The second-order valence-electron chi connectivity index (χ2n) is 6.68. The van der Waals surface area contributed by atoms with Crippen LogP contribution in [0, 0.1) is 0 Å². The highest BCUT2D eigenvalue weighted by Gasteiger charge is 2.27. The van der Waals surface area contributed by atoms with Crippen LogP contribution in [0.5, 0.6) is 11.5 Å². The van der Waals surface area contributed by atoms with Gasteiger partial charge in [-0.2, -0.15) is 4.72 Å². The van der Waals surface area contributed by atoms with Crippen LogP contribution in [0.2, 0.25) is 0 Å². The van der Waals surface area contributed by atoms with Crippen molar-refractivity contribution in [2.45, 2.75) is 23.9 Å². The number of carbonyl (C=O) groups excluding carboxylic acids is 1. The first-order valence-electron chi connectivity index (χ1n) is 9.51. The molecule has 9 heteroatoms. The van der Waals surface area contributed by atoms with E-state index in [1.54, 1.807) is 12.1 Å². The number of nitrogens with one attached hydrogen (secondary N) is 2. The molecule has 31 heavy (non-hydrogen) atoms. The monoisotopic (exact) mass is 444 g/mol. The van der Waals surface area contributed by atoms with Crippen LogP contribution < -0.4 is 19.5 Å². The van der Waals surface area contributed by atoms with Gasteiger partial charge in [0.25, 0.3) is 0 Å². The molecular weight excluding hydrogens is 420 g/mol. The van der Waals surface area contributed by atoms with E-state index in [-0.39, 0.29) is 23.6 Å². The summed E-state index contributed by atoms with van der Waals surface area (Å²) in [7, 11) is -1.14. The quantitative estimate of drug-likeness (QED) is 0.498. The lowest BCUT2D eigenvalue weighted by Crippen LogP contribution is -2.47. The van der Waals surface area contributed by atoms with Crippen molar-refractivity contribution in [1.82, 2.24) is 10.0 Å². The summed E-state index contributed by atoms with van der Waals surface area (Å²) in [5.74, 6) is 0.768. The van der Waals surface area contributed by atoms with E-state index in [4.69, 9.17) is 13.9 Å². The van der Waals surface area contributed by atoms with Gasteiger partial charge >= 0.3 is 0 Å². The maximum absolute atomic E-state index is 13.0. The van der Waals surface area contributed by atoms with Gasteiger partial charge in [0.1, 0.15) is 11.8 Å². The van der Waals surface area contributed by atoms with E-state index < -0.39 is 22.0 Å². The number of hydrogen-bond donors (Lipinski definition) is 2. The molecule has 0 aliphatic heterocycles. The van der Waals surface area contributed by atoms with Crippen LogP contribution in [0.25, 0.3) is 0 Å². The smallest absolute Gasteiger partial charge is 0.241 e. The lowest BCUT2D eigenvalue weighted by atomic mass is 10.1. The number of sulfonamides is 1. The van der Waals surface area contributed by atoms with E-state index >= 15 is 0 Å². The molecule has 1 unspecified atom stereocenters. The molecule has 0 radical (unpaired) electrons. The zero-order valence-corrected chi connectivity index (χ0v) is 18.0. The summed E-state index contributed by atoms with van der Waals surface area (Å²) in [4.78, 5) is 12.8. The van der Waals surface area contributed by atoms with Gasteiger partial charge in [-0.05, 0) is 36.2 Å². The van der Waals surface area contributed by atoms with Gasteiger partial charge in [-0.15, -0.1) is 0 Å². The summed E-state index contributed by atoms with van der Waals surface area (Å²) >= 11 is 0. The van der Waals surface area contributed by atoms with Crippen LogP contribution in [0.15, 0.2) is 76.2 Å². The summed E-state index contributed by atoms with van der Waals surface area (Å²) in [5, 5.41) is 2.72. The van der Waals surface area contributed by atoms with E-state index in [9.17, 15) is 13.2 Å². The highest BCUT2D eigenvalue weighted by molar-refractivity contribution is 7.89.